The number of fused-ring (bicyclic) bond motifs is 1. The van der Waals surface area contributed by atoms with Crippen molar-refractivity contribution in [3.8, 4) is 0 Å². The first-order valence-electron chi connectivity index (χ1n) is 7.87. The van der Waals surface area contributed by atoms with E-state index in [2.05, 4.69) is 10.3 Å². The lowest BCUT2D eigenvalue weighted by molar-refractivity contribution is -0.160. The van der Waals surface area contributed by atoms with Crippen molar-refractivity contribution in [3.05, 3.63) is 10.6 Å². The van der Waals surface area contributed by atoms with Gasteiger partial charge in [0.2, 0.25) is 5.91 Å². The van der Waals surface area contributed by atoms with E-state index in [4.69, 9.17) is 4.74 Å². The molecule has 1 aromatic heterocycles. The van der Waals surface area contributed by atoms with Crippen LogP contribution in [0.3, 0.4) is 0 Å². The number of thiazole rings is 1. The number of amides is 1. The highest BCUT2D eigenvalue weighted by Gasteiger charge is 2.26. The summed E-state index contributed by atoms with van der Waals surface area (Å²) < 4.78 is 5.34. The topological polar surface area (TPSA) is 71.5 Å². The highest BCUT2D eigenvalue weighted by molar-refractivity contribution is 7.15. The zero-order valence-electron chi connectivity index (χ0n) is 14.4. The second kappa shape index (κ2) is 6.97. The van der Waals surface area contributed by atoms with Crippen LogP contribution >= 0.6 is 11.3 Å². The van der Waals surface area contributed by atoms with Crippen molar-refractivity contribution >= 4 is 28.3 Å². The number of hydrogen-bond donors (Lipinski definition) is 1. The monoisotopic (exact) mass is 339 g/mol. The standard InChI is InChI=1S/C16H25N3O3S/c1-10(14(21)22-16(2,3)4)19(5)9-13(20)18-15-17-11-7-6-8-12(11)23-15/h10H,6-9H2,1-5H3,(H,17,18,20)/t10-/m1/s1. The molecule has 0 aliphatic heterocycles. The molecule has 1 N–H and O–H groups in total. The molecule has 0 saturated carbocycles. The van der Waals surface area contributed by atoms with E-state index in [1.165, 1.54) is 4.88 Å². The molecule has 1 aromatic rings. The van der Waals surface area contributed by atoms with Gasteiger partial charge in [0.25, 0.3) is 0 Å². The molecular formula is C16H25N3O3S. The molecule has 6 nitrogen and oxygen atoms in total. The zero-order chi connectivity index (χ0) is 17.2. The summed E-state index contributed by atoms with van der Waals surface area (Å²) in [6.45, 7) is 7.33. The van der Waals surface area contributed by atoms with Crippen molar-refractivity contribution in [1.29, 1.82) is 0 Å². The second-order valence-corrected chi connectivity index (χ2v) is 8.00. The molecule has 0 aromatic carbocycles. The molecule has 0 spiro atoms. The van der Waals surface area contributed by atoms with E-state index in [0.29, 0.717) is 5.13 Å². The molecule has 2 rings (SSSR count). The summed E-state index contributed by atoms with van der Waals surface area (Å²) in [6.07, 6.45) is 3.20. The highest BCUT2D eigenvalue weighted by Crippen LogP contribution is 2.30. The fourth-order valence-electron chi connectivity index (χ4n) is 2.33. The van der Waals surface area contributed by atoms with Crippen LogP contribution in [0.25, 0.3) is 0 Å². The van der Waals surface area contributed by atoms with E-state index in [-0.39, 0.29) is 18.4 Å². The number of aryl methyl sites for hydroxylation is 2. The number of rotatable bonds is 5. The number of carbonyl (C=O) groups is 2. The average Bonchev–Trinajstić information content (AvgIpc) is 2.96. The molecule has 1 aliphatic carbocycles. The Morgan fingerprint density at radius 1 is 1.39 bits per heavy atom. The van der Waals surface area contributed by atoms with Crippen molar-refractivity contribution in [3.63, 3.8) is 0 Å². The summed E-state index contributed by atoms with van der Waals surface area (Å²) in [6, 6.07) is -0.485. The molecule has 1 atom stereocenters. The van der Waals surface area contributed by atoms with Gasteiger partial charge in [-0.25, -0.2) is 4.98 Å². The number of esters is 1. The Kier molecular flexibility index (Phi) is 5.41. The van der Waals surface area contributed by atoms with Gasteiger partial charge in [0.1, 0.15) is 11.6 Å². The molecule has 1 heterocycles. The molecule has 0 saturated heterocycles. The maximum Gasteiger partial charge on any atom is 0.323 e. The van der Waals surface area contributed by atoms with Crippen LogP contribution in [0, 0.1) is 0 Å². The fourth-order valence-corrected chi connectivity index (χ4v) is 3.40. The number of carbonyl (C=O) groups excluding carboxylic acids is 2. The normalized spacial score (nSPS) is 15.4. The van der Waals surface area contributed by atoms with Gasteiger partial charge in [0, 0.05) is 4.88 Å². The summed E-state index contributed by atoms with van der Waals surface area (Å²) >= 11 is 1.55. The third kappa shape index (κ3) is 5.00. The lowest BCUT2D eigenvalue weighted by Crippen LogP contribution is -2.43. The lowest BCUT2D eigenvalue weighted by Gasteiger charge is -2.27. The van der Waals surface area contributed by atoms with Crippen LogP contribution in [0.4, 0.5) is 5.13 Å². The van der Waals surface area contributed by atoms with Crippen molar-refractivity contribution in [2.75, 3.05) is 18.9 Å². The van der Waals surface area contributed by atoms with Crippen molar-refractivity contribution in [2.45, 2.75) is 58.6 Å². The largest absolute Gasteiger partial charge is 0.459 e. The highest BCUT2D eigenvalue weighted by atomic mass is 32.1. The number of anilines is 1. The average molecular weight is 339 g/mol. The summed E-state index contributed by atoms with van der Waals surface area (Å²) in [4.78, 5) is 31.5. The van der Waals surface area contributed by atoms with Gasteiger partial charge in [-0.2, -0.15) is 0 Å². The summed E-state index contributed by atoms with van der Waals surface area (Å²) in [5.74, 6) is -0.503. The summed E-state index contributed by atoms with van der Waals surface area (Å²) in [7, 11) is 1.73. The van der Waals surface area contributed by atoms with E-state index in [1.807, 2.05) is 20.8 Å². The van der Waals surface area contributed by atoms with Gasteiger partial charge in [0.05, 0.1) is 12.2 Å². The van der Waals surface area contributed by atoms with Crippen LogP contribution in [0.15, 0.2) is 0 Å². The van der Waals surface area contributed by atoms with Gasteiger partial charge >= 0.3 is 5.97 Å². The maximum atomic E-state index is 12.1. The van der Waals surface area contributed by atoms with Gasteiger partial charge in [-0.15, -0.1) is 11.3 Å². The van der Waals surface area contributed by atoms with Gasteiger partial charge in [0.15, 0.2) is 5.13 Å². The Morgan fingerprint density at radius 2 is 2.09 bits per heavy atom. The Labute approximate surface area is 141 Å². The van der Waals surface area contributed by atoms with E-state index >= 15 is 0 Å². The lowest BCUT2D eigenvalue weighted by atomic mass is 10.2. The predicted octanol–water partition coefficient (Wildman–Crippen LogP) is 2.23. The number of aromatic nitrogens is 1. The van der Waals surface area contributed by atoms with E-state index in [0.717, 1.165) is 25.0 Å². The van der Waals surface area contributed by atoms with Crippen LogP contribution in [0.5, 0.6) is 0 Å². The molecule has 0 bridgehead atoms. The predicted molar refractivity (Wildman–Crippen MR) is 90.7 cm³/mol. The molecule has 128 valence electrons. The van der Waals surface area contributed by atoms with Crippen LogP contribution in [0.1, 0.15) is 44.7 Å². The summed E-state index contributed by atoms with van der Waals surface area (Å²) in [5, 5.41) is 3.47. The molecule has 23 heavy (non-hydrogen) atoms. The zero-order valence-corrected chi connectivity index (χ0v) is 15.2. The fraction of sp³-hybridized carbons (Fsp3) is 0.688. The number of likely N-dealkylation sites (N-methyl/N-ethyl adjacent to an activating group) is 1. The van der Waals surface area contributed by atoms with Crippen molar-refractivity contribution in [2.24, 2.45) is 0 Å². The van der Waals surface area contributed by atoms with Gasteiger partial charge in [-0.05, 0) is 54.0 Å². The van der Waals surface area contributed by atoms with Gasteiger partial charge in [-0.3, -0.25) is 14.5 Å². The van der Waals surface area contributed by atoms with Crippen LogP contribution in [-0.4, -0.2) is 47.0 Å². The third-order valence-corrected chi connectivity index (χ3v) is 4.72. The number of hydrogen-bond acceptors (Lipinski definition) is 6. The quantitative estimate of drug-likeness (QED) is 0.833. The minimum atomic E-state index is -0.532. The minimum absolute atomic E-state index is 0.116. The van der Waals surface area contributed by atoms with Gasteiger partial charge < -0.3 is 10.1 Å². The molecule has 0 unspecified atom stereocenters. The summed E-state index contributed by atoms with van der Waals surface area (Å²) in [5.41, 5.74) is 0.580. The Hall–Kier alpha value is -1.47. The van der Waals surface area contributed by atoms with E-state index in [9.17, 15) is 9.59 Å². The first-order chi connectivity index (χ1) is 10.7. The number of ether oxygens (including phenoxy) is 1. The molecule has 0 fully saturated rings. The molecule has 1 amide bonds. The third-order valence-electron chi connectivity index (χ3n) is 3.64. The van der Waals surface area contributed by atoms with E-state index < -0.39 is 11.6 Å². The molecule has 0 radical (unpaired) electrons. The van der Waals surface area contributed by atoms with Crippen LogP contribution in [0.2, 0.25) is 0 Å². The molecule has 7 heteroatoms. The minimum Gasteiger partial charge on any atom is -0.459 e. The molecule has 1 aliphatic rings. The van der Waals surface area contributed by atoms with Gasteiger partial charge in [-0.1, -0.05) is 0 Å². The van der Waals surface area contributed by atoms with Crippen LogP contribution < -0.4 is 5.32 Å². The number of nitrogens with zero attached hydrogens (tertiary/aromatic N) is 2. The first-order valence-corrected chi connectivity index (χ1v) is 8.69. The Bertz CT molecular complexity index is 570. The Morgan fingerprint density at radius 3 is 2.70 bits per heavy atom. The smallest absolute Gasteiger partial charge is 0.323 e. The Balaban J connectivity index is 1.85. The first kappa shape index (κ1) is 17.9. The van der Waals surface area contributed by atoms with Crippen molar-refractivity contribution < 1.29 is 14.3 Å². The van der Waals surface area contributed by atoms with Crippen LogP contribution in [-0.2, 0) is 27.2 Å². The van der Waals surface area contributed by atoms with Crippen molar-refractivity contribution in [1.82, 2.24) is 9.88 Å². The number of nitrogens with one attached hydrogen (secondary N) is 1. The molecular weight excluding hydrogens is 314 g/mol. The van der Waals surface area contributed by atoms with E-state index in [1.54, 1.807) is 30.2 Å². The SMILES string of the molecule is C[C@H](C(=O)OC(C)(C)C)N(C)CC(=O)Nc1nc2c(s1)CCC2. The maximum absolute atomic E-state index is 12.1. The second-order valence-electron chi connectivity index (χ2n) is 6.92.